The average Bonchev–Trinajstić information content (AvgIpc) is 2.29. The third-order valence-electron chi connectivity index (χ3n) is 3.43. The minimum absolute atomic E-state index is 0.463. The Morgan fingerprint density at radius 3 is 3.20 bits per heavy atom. The van der Waals surface area contributed by atoms with Crippen LogP contribution in [0.2, 0.25) is 0 Å². The number of hydrogen-bond acceptors (Lipinski definition) is 3. The van der Waals surface area contributed by atoms with E-state index in [0.717, 1.165) is 12.3 Å². The molecule has 1 fully saturated rings. The molecule has 3 nitrogen and oxygen atoms in total. The van der Waals surface area contributed by atoms with Crippen LogP contribution < -0.4 is 15.4 Å². The van der Waals surface area contributed by atoms with E-state index in [-0.39, 0.29) is 0 Å². The number of rotatable bonds is 1. The number of piperidine rings is 1. The van der Waals surface area contributed by atoms with Gasteiger partial charge in [-0.05, 0) is 49.1 Å². The van der Waals surface area contributed by atoms with Gasteiger partial charge in [-0.1, -0.05) is 0 Å². The predicted octanol–water partition coefficient (Wildman–Crippen LogP) is 1.91. The number of nitrogens with one attached hydrogen (secondary N) is 2. The van der Waals surface area contributed by atoms with Gasteiger partial charge in [0.1, 0.15) is 5.75 Å². The molecule has 3 rings (SSSR count). The summed E-state index contributed by atoms with van der Waals surface area (Å²) in [4.78, 5) is 0. The van der Waals surface area contributed by atoms with E-state index in [1.807, 2.05) is 6.07 Å². The second-order valence-corrected chi connectivity index (χ2v) is 4.33. The van der Waals surface area contributed by atoms with Crippen molar-refractivity contribution in [3.63, 3.8) is 0 Å². The Bertz CT molecular complexity index is 378. The largest absolute Gasteiger partial charge is 0.497 e. The maximum absolute atomic E-state index is 5.27. The minimum atomic E-state index is 0.463. The number of ether oxygens (including phenoxy) is 1. The molecule has 1 aromatic carbocycles. The summed E-state index contributed by atoms with van der Waals surface area (Å²) < 4.78 is 5.27. The highest BCUT2D eigenvalue weighted by Gasteiger charge is 2.29. The van der Waals surface area contributed by atoms with E-state index in [1.165, 1.54) is 24.1 Å². The highest BCUT2D eigenvalue weighted by Crippen LogP contribution is 2.39. The van der Waals surface area contributed by atoms with Crippen LogP contribution in [-0.4, -0.2) is 19.8 Å². The van der Waals surface area contributed by atoms with Crippen LogP contribution in [-0.2, 0) is 0 Å². The van der Waals surface area contributed by atoms with Gasteiger partial charge in [0.15, 0.2) is 0 Å². The summed E-state index contributed by atoms with van der Waals surface area (Å²) in [6.07, 6.45) is 2.89. The van der Waals surface area contributed by atoms with E-state index in [1.54, 1.807) is 7.11 Å². The molecule has 0 saturated carbocycles. The zero-order chi connectivity index (χ0) is 10.3. The van der Waals surface area contributed by atoms with Crippen molar-refractivity contribution in [3.8, 4) is 5.75 Å². The topological polar surface area (TPSA) is 33.3 Å². The lowest BCUT2D eigenvalue weighted by Crippen LogP contribution is -2.45. The molecular weight excluding hydrogens is 188 g/mol. The monoisotopic (exact) mass is 204 g/mol. The molecule has 2 bridgehead atoms. The number of hydrogen-bond donors (Lipinski definition) is 2. The summed E-state index contributed by atoms with van der Waals surface area (Å²) in [5.41, 5.74) is 2.69. The Morgan fingerprint density at radius 2 is 2.33 bits per heavy atom. The van der Waals surface area contributed by atoms with Gasteiger partial charge in [-0.15, -0.1) is 0 Å². The first-order valence-electron chi connectivity index (χ1n) is 5.54. The molecule has 0 aromatic heterocycles. The summed E-state index contributed by atoms with van der Waals surface area (Å²) in [5, 5.41) is 6.99. The first-order chi connectivity index (χ1) is 7.36. The smallest absolute Gasteiger partial charge is 0.119 e. The molecule has 0 radical (unpaired) electrons. The summed E-state index contributed by atoms with van der Waals surface area (Å²) >= 11 is 0. The Morgan fingerprint density at radius 1 is 1.40 bits per heavy atom. The third-order valence-corrected chi connectivity index (χ3v) is 3.43. The molecule has 1 saturated heterocycles. The molecule has 2 atom stereocenters. The van der Waals surface area contributed by atoms with Gasteiger partial charge in [0, 0.05) is 5.69 Å². The van der Waals surface area contributed by atoms with Gasteiger partial charge in [0.25, 0.3) is 0 Å². The fourth-order valence-corrected chi connectivity index (χ4v) is 2.63. The van der Waals surface area contributed by atoms with Crippen molar-refractivity contribution < 1.29 is 4.74 Å². The molecule has 80 valence electrons. The van der Waals surface area contributed by atoms with Crippen molar-refractivity contribution >= 4 is 5.69 Å². The second-order valence-electron chi connectivity index (χ2n) is 4.33. The van der Waals surface area contributed by atoms with E-state index < -0.39 is 0 Å². The van der Waals surface area contributed by atoms with E-state index >= 15 is 0 Å². The molecule has 2 unspecified atom stereocenters. The number of methoxy groups -OCH3 is 1. The molecule has 1 aromatic rings. The minimum Gasteiger partial charge on any atom is -0.497 e. The third kappa shape index (κ3) is 1.47. The van der Waals surface area contributed by atoms with Crippen LogP contribution in [0.5, 0.6) is 5.75 Å². The van der Waals surface area contributed by atoms with Crippen molar-refractivity contribution in [2.45, 2.75) is 24.9 Å². The van der Waals surface area contributed by atoms with E-state index in [9.17, 15) is 0 Å². The van der Waals surface area contributed by atoms with Crippen LogP contribution in [0.1, 0.15) is 24.3 Å². The highest BCUT2D eigenvalue weighted by atomic mass is 16.5. The zero-order valence-corrected chi connectivity index (χ0v) is 8.92. The van der Waals surface area contributed by atoms with Crippen molar-refractivity contribution in [2.24, 2.45) is 0 Å². The van der Waals surface area contributed by atoms with Crippen LogP contribution >= 0.6 is 0 Å². The summed E-state index contributed by atoms with van der Waals surface area (Å²) in [5.74, 6) is 1.66. The lowest BCUT2D eigenvalue weighted by molar-refractivity contribution is 0.371. The molecule has 2 aliphatic rings. The van der Waals surface area contributed by atoms with E-state index in [0.29, 0.717) is 12.1 Å². The molecule has 3 heteroatoms. The van der Waals surface area contributed by atoms with Crippen molar-refractivity contribution in [1.29, 1.82) is 0 Å². The average molecular weight is 204 g/mol. The first-order valence-corrected chi connectivity index (χ1v) is 5.54. The number of fused-ring (bicyclic) bond motifs is 4. The molecular formula is C12H16N2O. The van der Waals surface area contributed by atoms with Gasteiger partial charge in [0.2, 0.25) is 0 Å². The number of anilines is 1. The van der Waals surface area contributed by atoms with Gasteiger partial charge in [-0.25, -0.2) is 0 Å². The second kappa shape index (κ2) is 3.42. The summed E-state index contributed by atoms with van der Waals surface area (Å²) in [7, 11) is 1.73. The maximum Gasteiger partial charge on any atom is 0.119 e. The molecule has 2 aliphatic heterocycles. The van der Waals surface area contributed by atoms with Crippen molar-refractivity contribution in [2.75, 3.05) is 19.0 Å². The number of benzene rings is 1. The van der Waals surface area contributed by atoms with Gasteiger partial charge >= 0.3 is 0 Å². The van der Waals surface area contributed by atoms with Crippen LogP contribution in [0.25, 0.3) is 0 Å². The molecule has 0 spiro atoms. The lowest BCUT2D eigenvalue weighted by atomic mass is 9.84. The molecule has 0 amide bonds. The van der Waals surface area contributed by atoms with Crippen LogP contribution in [0.15, 0.2) is 18.2 Å². The molecule has 2 N–H and O–H groups in total. The van der Waals surface area contributed by atoms with Gasteiger partial charge in [0.05, 0.1) is 13.3 Å². The molecule has 2 heterocycles. The standard InChI is InChI=1S/C12H16N2O/c1-15-9-2-3-11-10(7-9)8-4-5-13-12(6-8)14-11/h2-3,7-8,12-14H,4-6H2,1H3. The predicted molar refractivity (Wildman–Crippen MR) is 60.4 cm³/mol. The Balaban J connectivity index is 2.02. The zero-order valence-electron chi connectivity index (χ0n) is 8.92. The molecule has 15 heavy (non-hydrogen) atoms. The SMILES string of the molecule is COc1ccc2c(c1)C1CCNC(C1)N2. The van der Waals surface area contributed by atoms with Gasteiger partial charge in [-0.2, -0.15) is 0 Å². The van der Waals surface area contributed by atoms with Crippen molar-refractivity contribution in [3.05, 3.63) is 23.8 Å². The Hall–Kier alpha value is -1.22. The van der Waals surface area contributed by atoms with E-state index in [2.05, 4.69) is 22.8 Å². The van der Waals surface area contributed by atoms with Crippen LogP contribution in [0.4, 0.5) is 5.69 Å². The summed E-state index contributed by atoms with van der Waals surface area (Å²) in [6, 6.07) is 6.32. The Kier molecular flexibility index (Phi) is 2.06. The van der Waals surface area contributed by atoms with Crippen molar-refractivity contribution in [1.82, 2.24) is 5.32 Å². The summed E-state index contributed by atoms with van der Waals surface area (Å²) in [6.45, 7) is 1.11. The fraction of sp³-hybridized carbons (Fsp3) is 0.500. The highest BCUT2D eigenvalue weighted by molar-refractivity contribution is 5.58. The first kappa shape index (κ1) is 9.04. The van der Waals surface area contributed by atoms with Crippen LogP contribution in [0, 0.1) is 0 Å². The van der Waals surface area contributed by atoms with Gasteiger partial charge < -0.3 is 10.1 Å². The normalized spacial score (nSPS) is 27.8. The Labute approximate surface area is 89.8 Å². The maximum atomic E-state index is 5.27. The van der Waals surface area contributed by atoms with Gasteiger partial charge in [-0.3, -0.25) is 5.32 Å². The lowest BCUT2D eigenvalue weighted by Gasteiger charge is -2.38. The molecule has 0 aliphatic carbocycles. The van der Waals surface area contributed by atoms with E-state index in [4.69, 9.17) is 4.74 Å². The van der Waals surface area contributed by atoms with Crippen LogP contribution in [0.3, 0.4) is 0 Å². The quantitative estimate of drug-likeness (QED) is 0.733. The fourth-order valence-electron chi connectivity index (χ4n) is 2.63.